The number of amides is 1. The molecule has 0 fully saturated rings. The molecule has 0 aliphatic heterocycles. The maximum absolute atomic E-state index is 11.4. The van der Waals surface area contributed by atoms with Gasteiger partial charge in [-0.05, 0) is 24.1 Å². The minimum atomic E-state index is -3.57. The number of nitrogens with one attached hydrogen (secondary N) is 1. The van der Waals surface area contributed by atoms with E-state index in [1.807, 2.05) is 4.72 Å². The lowest BCUT2D eigenvalue weighted by molar-refractivity contribution is -0.120. The van der Waals surface area contributed by atoms with Crippen LogP contribution in [0.4, 0.5) is 0 Å². The van der Waals surface area contributed by atoms with Crippen LogP contribution in [0.1, 0.15) is 5.56 Å². The molecule has 0 unspecified atom stereocenters. The van der Waals surface area contributed by atoms with Gasteiger partial charge in [-0.3, -0.25) is 9.52 Å². The molecule has 1 aromatic carbocycles. The van der Waals surface area contributed by atoms with E-state index in [9.17, 15) is 13.2 Å². The molecule has 1 amide bonds. The van der Waals surface area contributed by atoms with Crippen molar-refractivity contribution in [3.05, 3.63) is 34.9 Å². The molecule has 0 heterocycles. The Morgan fingerprint density at radius 1 is 1.39 bits per heavy atom. The van der Waals surface area contributed by atoms with Crippen molar-refractivity contribution in [2.75, 3.05) is 6.26 Å². The number of sulfonamides is 1. The SMILES string of the molecule is CS(=O)(=O)NC(=O)[C@@H](N)Cc1ccc(Cl)cc1.Cl. The van der Waals surface area contributed by atoms with E-state index in [0.717, 1.165) is 11.8 Å². The number of rotatable bonds is 4. The summed E-state index contributed by atoms with van der Waals surface area (Å²) < 4.78 is 23.5. The summed E-state index contributed by atoms with van der Waals surface area (Å²) in [5.74, 6) is -0.720. The molecule has 1 aromatic rings. The molecule has 0 aliphatic carbocycles. The van der Waals surface area contributed by atoms with Crippen molar-refractivity contribution in [3.63, 3.8) is 0 Å². The molecule has 0 bridgehead atoms. The summed E-state index contributed by atoms with van der Waals surface area (Å²) in [6, 6.07) is 5.91. The van der Waals surface area contributed by atoms with Gasteiger partial charge < -0.3 is 5.73 Å². The molecule has 8 heteroatoms. The summed E-state index contributed by atoms with van der Waals surface area (Å²) in [6.45, 7) is 0. The lowest BCUT2D eigenvalue weighted by Crippen LogP contribution is -2.44. The van der Waals surface area contributed by atoms with E-state index < -0.39 is 22.0 Å². The molecule has 1 atom stereocenters. The van der Waals surface area contributed by atoms with Gasteiger partial charge in [0.1, 0.15) is 0 Å². The first-order chi connectivity index (χ1) is 7.78. The number of hydrogen-bond acceptors (Lipinski definition) is 4. The summed E-state index contributed by atoms with van der Waals surface area (Å²) in [7, 11) is -3.57. The Morgan fingerprint density at radius 3 is 2.33 bits per heavy atom. The van der Waals surface area contributed by atoms with E-state index in [-0.39, 0.29) is 18.8 Å². The predicted octanol–water partition coefficient (Wildman–Crippen LogP) is 0.707. The zero-order valence-electron chi connectivity index (χ0n) is 9.59. The second-order valence-corrected chi connectivity index (χ2v) is 5.86. The van der Waals surface area contributed by atoms with Gasteiger partial charge >= 0.3 is 0 Å². The number of halogens is 2. The molecule has 0 aromatic heterocycles. The van der Waals surface area contributed by atoms with E-state index in [2.05, 4.69) is 0 Å². The average molecular weight is 313 g/mol. The van der Waals surface area contributed by atoms with Crippen LogP contribution in [-0.4, -0.2) is 26.6 Å². The molecule has 5 nitrogen and oxygen atoms in total. The van der Waals surface area contributed by atoms with Crippen molar-refractivity contribution in [1.82, 2.24) is 4.72 Å². The molecule has 18 heavy (non-hydrogen) atoms. The third-order valence-electron chi connectivity index (χ3n) is 1.99. The zero-order chi connectivity index (χ0) is 13.1. The average Bonchev–Trinajstić information content (AvgIpc) is 2.19. The number of carbonyl (C=O) groups excluding carboxylic acids is 1. The van der Waals surface area contributed by atoms with Crippen LogP contribution in [0.3, 0.4) is 0 Å². The van der Waals surface area contributed by atoms with E-state index >= 15 is 0 Å². The molecular weight excluding hydrogens is 299 g/mol. The Kier molecular flexibility index (Phi) is 6.62. The van der Waals surface area contributed by atoms with Gasteiger partial charge in [0.15, 0.2) is 0 Å². The van der Waals surface area contributed by atoms with Crippen molar-refractivity contribution >= 4 is 39.9 Å². The monoisotopic (exact) mass is 312 g/mol. The summed E-state index contributed by atoms with van der Waals surface area (Å²) in [5, 5.41) is 0.586. The maximum Gasteiger partial charge on any atom is 0.250 e. The van der Waals surface area contributed by atoms with E-state index in [0.29, 0.717) is 5.02 Å². The van der Waals surface area contributed by atoms with Gasteiger partial charge in [0.25, 0.3) is 5.91 Å². The molecule has 3 N–H and O–H groups in total. The second kappa shape index (κ2) is 6.94. The molecule has 0 saturated carbocycles. The van der Waals surface area contributed by atoms with Crippen LogP contribution in [0.25, 0.3) is 0 Å². The standard InChI is InChI=1S/C10H13ClN2O3S.ClH/c1-17(15,16)13-10(14)9(12)6-7-2-4-8(11)5-3-7;/h2-5,9H,6,12H2,1H3,(H,13,14);1H/t9-;/m0./s1. The molecular formula is C10H14Cl2N2O3S. The Hall–Kier alpha value is -0.820. The first kappa shape index (κ1) is 17.2. The van der Waals surface area contributed by atoms with Crippen LogP contribution in [0, 0.1) is 0 Å². The lowest BCUT2D eigenvalue weighted by atomic mass is 10.1. The topological polar surface area (TPSA) is 89.3 Å². The fourth-order valence-corrected chi connectivity index (χ4v) is 1.87. The highest BCUT2D eigenvalue weighted by Crippen LogP contribution is 2.10. The Bertz CT molecular complexity index is 502. The molecule has 0 radical (unpaired) electrons. The fourth-order valence-electron chi connectivity index (χ4n) is 1.23. The predicted molar refractivity (Wildman–Crippen MR) is 73.4 cm³/mol. The molecule has 1 rings (SSSR count). The first-order valence-corrected chi connectivity index (χ1v) is 7.06. The van der Waals surface area contributed by atoms with Gasteiger partial charge in [0, 0.05) is 5.02 Å². The van der Waals surface area contributed by atoms with Crippen LogP contribution >= 0.6 is 24.0 Å². The largest absolute Gasteiger partial charge is 0.320 e. The van der Waals surface area contributed by atoms with Gasteiger partial charge in [0.05, 0.1) is 12.3 Å². The van der Waals surface area contributed by atoms with Crippen molar-refractivity contribution in [2.24, 2.45) is 5.73 Å². The van der Waals surface area contributed by atoms with Gasteiger partial charge in [-0.2, -0.15) is 0 Å². The highest BCUT2D eigenvalue weighted by atomic mass is 35.5. The molecule has 0 spiro atoms. The quantitative estimate of drug-likeness (QED) is 0.856. The smallest absolute Gasteiger partial charge is 0.250 e. The maximum atomic E-state index is 11.4. The number of benzene rings is 1. The van der Waals surface area contributed by atoms with E-state index in [1.54, 1.807) is 24.3 Å². The van der Waals surface area contributed by atoms with E-state index in [1.165, 1.54) is 0 Å². The zero-order valence-corrected chi connectivity index (χ0v) is 12.0. The van der Waals surface area contributed by atoms with Gasteiger partial charge in [-0.15, -0.1) is 12.4 Å². The van der Waals surface area contributed by atoms with Crippen molar-refractivity contribution < 1.29 is 13.2 Å². The molecule has 102 valence electrons. The Balaban J connectivity index is 0.00000289. The molecule has 0 aliphatic rings. The number of carbonyl (C=O) groups is 1. The van der Waals surface area contributed by atoms with E-state index in [4.69, 9.17) is 17.3 Å². The number of hydrogen-bond donors (Lipinski definition) is 2. The third kappa shape index (κ3) is 6.20. The summed E-state index contributed by atoms with van der Waals surface area (Å²) in [5.41, 5.74) is 6.40. The Labute approximate surface area is 117 Å². The summed E-state index contributed by atoms with van der Waals surface area (Å²) >= 11 is 5.71. The minimum Gasteiger partial charge on any atom is -0.320 e. The van der Waals surface area contributed by atoms with Crippen molar-refractivity contribution in [3.8, 4) is 0 Å². The van der Waals surface area contributed by atoms with Crippen LogP contribution < -0.4 is 10.5 Å². The second-order valence-electron chi connectivity index (χ2n) is 3.68. The van der Waals surface area contributed by atoms with Crippen molar-refractivity contribution in [2.45, 2.75) is 12.5 Å². The summed E-state index contributed by atoms with van der Waals surface area (Å²) in [6.07, 6.45) is 1.15. The lowest BCUT2D eigenvalue weighted by Gasteiger charge is -2.11. The Morgan fingerprint density at radius 2 is 1.89 bits per heavy atom. The highest BCUT2D eigenvalue weighted by molar-refractivity contribution is 7.89. The van der Waals surface area contributed by atoms with Crippen LogP contribution in [0.15, 0.2) is 24.3 Å². The van der Waals surface area contributed by atoms with Crippen LogP contribution in [-0.2, 0) is 21.2 Å². The molecule has 0 saturated heterocycles. The minimum absolute atomic E-state index is 0. The van der Waals surface area contributed by atoms with Crippen LogP contribution in [0.5, 0.6) is 0 Å². The van der Waals surface area contributed by atoms with Gasteiger partial charge in [-0.25, -0.2) is 8.42 Å². The highest BCUT2D eigenvalue weighted by Gasteiger charge is 2.17. The third-order valence-corrected chi connectivity index (χ3v) is 2.82. The normalized spacial score (nSPS) is 12.4. The number of nitrogens with two attached hydrogens (primary N) is 1. The van der Waals surface area contributed by atoms with Crippen molar-refractivity contribution in [1.29, 1.82) is 0 Å². The van der Waals surface area contributed by atoms with Crippen LogP contribution in [0.2, 0.25) is 5.02 Å². The fraction of sp³-hybridized carbons (Fsp3) is 0.300. The summed E-state index contributed by atoms with van der Waals surface area (Å²) in [4.78, 5) is 11.4. The van der Waals surface area contributed by atoms with Gasteiger partial charge in [-0.1, -0.05) is 23.7 Å². The van der Waals surface area contributed by atoms with Gasteiger partial charge in [0.2, 0.25) is 10.0 Å². The first-order valence-electron chi connectivity index (χ1n) is 4.79.